The van der Waals surface area contributed by atoms with E-state index in [-0.39, 0.29) is 0 Å². The molecular formula is C13H11BrClNO. The summed E-state index contributed by atoms with van der Waals surface area (Å²) in [6.45, 7) is 0.477. The molecule has 0 aliphatic rings. The van der Waals surface area contributed by atoms with Gasteiger partial charge in [0.15, 0.2) is 0 Å². The van der Waals surface area contributed by atoms with Crippen LogP contribution in [0.4, 0.5) is 5.69 Å². The van der Waals surface area contributed by atoms with Gasteiger partial charge < -0.3 is 10.5 Å². The van der Waals surface area contributed by atoms with Crippen molar-refractivity contribution in [1.82, 2.24) is 0 Å². The fourth-order valence-electron chi connectivity index (χ4n) is 1.44. The monoisotopic (exact) mass is 311 g/mol. The second-order valence-electron chi connectivity index (χ2n) is 3.60. The van der Waals surface area contributed by atoms with E-state index in [9.17, 15) is 0 Å². The standard InChI is InChI=1S/C13H11BrClNO/c14-10-3-1-2-9(6-10)8-17-13-5-4-11(15)7-12(13)16/h1-7H,8,16H2. The van der Waals surface area contributed by atoms with Crippen molar-refractivity contribution in [2.24, 2.45) is 0 Å². The third-order valence-electron chi connectivity index (χ3n) is 2.26. The molecule has 4 heteroatoms. The summed E-state index contributed by atoms with van der Waals surface area (Å²) in [5.74, 6) is 0.648. The Balaban J connectivity index is 2.07. The summed E-state index contributed by atoms with van der Waals surface area (Å²) in [5.41, 5.74) is 7.42. The molecule has 0 atom stereocenters. The Morgan fingerprint density at radius 1 is 1.18 bits per heavy atom. The number of anilines is 1. The Morgan fingerprint density at radius 3 is 2.71 bits per heavy atom. The highest BCUT2D eigenvalue weighted by Gasteiger charge is 2.02. The largest absolute Gasteiger partial charge is 0.487 e. The maximum absolute atomic E-state index is 5.81. The second-order valence-corrected chi connectivity index (χ2v) is 4.95. The van der Waals surface area contributed by atoms with E-state index in [0.717, 1.165) is 10.0 Å². The number of hydrogen-bond donors (Lipinski definition) is 1. The van der Waals surface area contributed by atoms with Crippen molar-refractivity contribution in [2.45, 2.75) is 6.61 Å². The highest BCUT2D eigenvalue weighted by Crippen LogP contribution is 2.25. The van der Waals surface area contributed by atoms with Gasteiger partial charge in [-0.15, -0.1) is 0 Å². The fourth-order valence-corrected chi connectivity index (χ4v) is 2.07. The molecule has 0 heterocycles. The van der Waals surface area contributed by atoms with Crippen LogP contribution in [0.2, 0.25) is 5.02 Å². The maximum Gasteiger partial charge on any atom is 0.142 e. The average molecular weight is 313 g/mol. The Hall–Kier alpha value is -1.19. The average Bonchev–Trinajstić information content (AvgIpc) is 2.28. The third kappa shape index (κ3) is 3.38. The molecule has 2 rings (SSSR count). The lowest BCUT2D eigenvalue weighted by Gasteiger charge is -2.09. The molecule has 0 spiro atoms. The van der Waals surface area contributed by atoms with E-state index in [2.05, 4.69) is 15.9 Å². The molecule has 0 radical (unpaired) electrons. The van der Waals surface area contributed by atoms with Gasteiger partial charge in [-0.25, -0.2) is 0 Å². The number of ether oxygens (including phenoxy) is 1. The van der Waals surface area contributed by atoms with E-state index in [1.54, 1.807) is 18.2 Å². The van der Waals surface area contributed by atoms with E-state index in [1.165, 1.54) is 0 Å². The van der Waals surface area contributed by atoms with Crippen LogP contribution in [0.5, 0.6) is 5.75 Å². The number of rotatable bonds is 3. The molecule has 88 valence electrons. The minimum Gasteiger partial charge on any atom is -0.487 e. The quantitative estimate of drug-likeness (QED) is 0.859. The Kier molecular flexibility index (Phi) is 3.92. The zero-order chi connectivity index (χ0) is 12.3. The first-order valence-electron chi connectivity index (χ1n) is 5.07. The first kappa shape index (κ1) is 12.3. The van der Waals surface area contributed by atoms with Crippen molar-refractivity contribution < 1.29 is 4.74 Å². The zero-order valence-corrected chi connectivity index (χ0v) is 11.3. The van der Waals surface area contributed by atoms with E-state index < -0.39 is 0 Å². The summed E-state index contributed by atoms with van der Waals surface area (Å²) < 4.78 is 6.66. The van der Waals surface area contributed by atoms with E-state index >= 15 is 0 Å². The Morgan fingerprint density at radius 2 is 2.00 bits per heavy atom. The summed E-state index contributed by atoms with van der Waals surface area (Å²) in [7, 11) is 0. The Labute approximate surface area is 113 Å². The van der Waals surface area contributed by atoms with Crippen LogP contribution in [-0.2, 0) is 6.61 Å². The highest BCUT2D eigenvalue weighted by atomic mass is 79.9. The van der Waals surface area contributed by atoms with Gasteiger partial charge in [-0.3, -0.25) is 0 Å². The van der Waals surface area contributed by atoms with Gasteiger partial charge in [-0.2, -0.15) is 0 Å². The van der Waals surface area contributed by atoms with Gasteiger partial charge in [0.2, 0.25) is 0 Å². The molecule has 0 aromatic heterocycles. The molecule has 2 aromatic carbocycles. The number of hydrogen-bond acceptors (Lipinski definition) is 2. The number of nitrogens with two attached hydrogens (primary N) is 1. The Bertz CT molecular complexity index is 531. The number of nitrogen functional groups attached to an aromatic ring is 1. The number of halogens is 2. The molecule has 0 fully saturated rings. The van der Waals surface area contributed by atoms with Crippen molar-refractivity contribution >= 4 is 33.2 Å². The van der Waals surface area contributed by atoms with Gasteiger partial charge in [0.1, 0.15) is 12.4 Å². The van der Waals surface area contributed by atoms with Gasteiger partial charge in [0, 0.05) is 9.50 Å². The molecule has 17 heavy (non-hydrogen) atoms. The normalized spacial score (nSPS) is 10.2. The van der Waals surface area contributed by atoms with Gasteiger partial charge in [-0.05, 0) is 35.9 Å². The molecule has 0 unspecified atom stereocenters. The van der Waals surface area contributed by atoms with Crippen molar-refractivity contribution in [1.29, 1.82) is 0 Å². The second kappa shape index (κ2) is 5.43. The minimum absolute atomic E-state index is 0.477. The molecule has 2 nitrogen and oxygen atoms in total. The van der Waals surface area contributed by atoms with E-state index in [0.29, 0.717) is 23.1 Å². The summed E-state index contributed by atoms with van der Waals surface area (Å²) in [6, 6.07) is 13.2. The SMILES string of the molecule is Nc1cc(Cl)ccc1OCc1cccc(Br)c1. The van der Waals surface area contributed by atoms with Crippen LogP contribution in [0.3, 0.4) is 0 Å². The molecule has 0 aliphatic heterocycles. The van der Waals surface area contributed by atoms with Gasteiger partial charge >= 0.3 is 0 Å². The minimum atomic E-state index is 0.477. The topological polar surface area (TPSA) is 35.2 Å². The molecule has 2 N–H and O–H groups in total. The van der Waals surface area contributed by atoms with Crippen LogP contribution in [-0.4, -0.2) is 0 Å². The summed E-state index contributed by atoms with van der Waals surface area (Å²) in [4.78, 5) is 0. The fraction of sp³-hybridized carbons (Fsp3) is 0.0769. The zero-order valence-electron chi connectivity index (χ0n) is 8.99. The van der Waals surface area contributed by atoms with Gasteiger partial charge in [0.25, 0.3) is 0 Å². The van der Waals surface area contributed by atoms with Crippen molar-refractivity contribution in [3.8, 4) is 5.75 Å². The third-order valence-corrected chi connectivity index (χ3v) is 2.98. The molecular weight excluding hydrogens is 302 g/mol. The van der Waals surface area contributed by atoms with Gasteiger partial charge in [0.05, 0.1) is 5.69 Å². The van der Waals surface area contributed by atoms with Crippen LogP contribution >= 0.6 is 27.5 Å². The lowest BCUT2D eigenvalue weighted by Crippen LogP contribution is -1.98. The van der Waals surface area contributed by atoms with Crippen molar-refractivity contribution in [3.63, 3.8) is 0 Å². The van der Waals surface area contributed by atoms with Crippen molar-refractivity contribution in [3.05, 3.63) is 57.5 Å². The first-order chi connectivity index (χ1) is 8.15. The lowest BCUT2D eigenvalue weighted by atomic mass is 10.2. The summed E-state index contributed by atoms with van der Waals surface area (Å²) in [5, 5.41) is 0.609. The smallest absolute Gasteiger partial charge is 0.142 e. The summed E-state index contributed by atoms with van der Waals surface area (Å²) in [6.07, 6.45) is 0. The molecule has 2 aromatic rings. The van der Waals surface area contributed by atoms with Gasteiger partial charge in [-0.1, -0.05) is 39.7 Å². The first-order valence-corrected chi connectivity index (χ1v) is 6.24. The lowest BCUT2D eigenvalue weighted by molar-refractivity contribution is 0.308. The van der Waals surface area contributed by atoms with Crippen LogP contribution in [0.15, 0.2) is 46.9 Å². The number of benzene rings is 2. The van der Waals surface area contributed by atoms with Crippen LogP contribution in [0.1, 0.15) is 5.56 Å². The molecule has 0 saturated heterocycles. The van der Waals surface area contributed by atoms with E-state index in [4.69, 9.17) is 22.1 Å². The molecule has 0 saturated carbocycles. The van der Waals surface area contributed by atoms with Crippen molar-refractivity contribution in [2.75, 3.05) is 5.73 Å². The molecule has 0 bridgehead atoms. The predicted molar refractivity (Wildman–Crippen MR) is 74.3 cm³/mol. The predicted octanol–water partition coefficient (Wildman–Crippen LogP) is 4.26. The van der Waals surface area contributed by atoms with Crippen LogP contribution in [0.25, 0.3) is 0 Å². The molecule has 0 aliphatic carbocycles. The highest BCUT2D eigenvalue weighted by molar-refractivity contribution is 9.10. The van der Waals surface area contributed by atoms with Crippen LogP contribution < -0.4 is 10.5 Å². The summed E-state index contributed by atoms with van der Waals surface area (Å²) >= 11 is 9.23. The van der Waals surface area contributed by atoms with E-state index in [1.807, 2.05) is 24.3 Å². The maximum atomic E-state index is 5.81. The van der Waals surface area contributed by atoms with Crippen LogP contribution in [0, 0.1) is 0 Å². The molecule has 0 amide bonds.